The van der Waals surface area contributed by atoms with Crippen molar-refractivity contribution in [2.45, 2.75) is 26.1 Å². The molecule has 146 valence electrons. The Labute approximate surface area is 162 Å². The fraction of sp³-hybridized carbons (Fsp3) is 0.333. The molecule has 0 bridgehead atoms. The summed E-state index contributed by atoms with van der Waals surface area (Å²) < 4.78 is 42.9. The Morgan fingerprint density at radius 1 is 1.33 bits per heavy atom. The second-order valence-electron chi connectivity index (χ2n) is 5.19. The first-order valence-electron chi connectivity index (χ1n) is 7.54. The van der Waals surface area contributed by atoms with Crippen LogP contribution in [0.25, 0.3) is 0 Å². The van der Waals surface area contributed by atoms with Gasteiger partial charge in [0.25, 0.3) is 0 Å². The van der Waals surface area contributed by atoms with Crippen molar-refractivity contribution in [2.75, 3.05) is 17.7 Å². The molecule has 2 rings (SSSR count). The Kier molecular flexibility index (Phi) is 6.66. The molecular formula is C15H14Cl2F3N5O2. The van der Waals surface area contributed by atoms with Gasteiger partial charge in [-0.2, -0.15) is 18.2 Å². The van der Waals surface area contributed by atoms with Gasteiger partial charge in [-0.25, -0.2) is 4.98 Å². The van der Waals surface area contributed by atoms with Crippen LogP contribution < -0.4 is 11.1 Å². The van der Waals surface area contributed by atoms with Crippen LogP contribution in [0.15, 0.2) is 12.3 Å². The van der Waals surface area contributed by atoms with Crippen LogP contribution in [0.5, 0.6) is 0 Å². The van der Waals surface area contributed by atoms with Crippen LogP contribution in [0.1, 0.15) is 23.7 Å². The molecule has 0 saturated heterocycles. The molecule has 0 aliphatic rings. The van der Waals surface area contributed by atoms with Crippen molar-refractivity contribution >= 4 is 40.9 Å². The Morgan fingerprint density at radius 3 is 2.63 bits per heavy atom. The zero-order valence-electron chi connectivity index (χ0n) is 13.9. The van der Waals surface area contributed by atoms with E-state index in [4.69, 9.17) is 33.7 Å². The van der Waals surface area contributed by atoms with E-state index >= 15 is 0 Å². The zero-order valence-corrected chi connectivity index (χ0v) is 15.4. The van der Waals surface area contributed by atoms with E-state index in [1.165, 1.54) is 0 Å². The van der Waals surface area contributed by atoms with Gasteiger partial charge in [0.2, 0.25) is 5.95 Å². The fourth-order valence-electron chi connectivity index (χ4n) is 2.05. The van der Waals surface area contributed by atoms with Gasteiger partial charge in [-0.1, -0.05) is 23.2 Å². The number of esters is 1. The number of hydrogen-bond acceptors (Lipinski definition) is 7. The van der Waals surface area contributed by atoms with Crippen molar-refractivity contribution in [1.29, 1.82) is 0 Å². The van der Waals surface area contributed by atoms with Gasteiger partial charge in [-0.3, -0.25) is 9.78 Å². The van der Waals surface area contributed by atoms with Crippen molar-refractivity contribution in [3.8, 4) is 0 Å². The molecule has 7 nitrogen and oxygen atoms in total. The molecule has 0 spiro atoms. The third kappa shape index (κ3) is 5.57. The Bertz CT molecular complexity index is 849. The molecule has 0 atom stereocenters. The number of nitrogens with zero attached hydrogens (tertiary/aromatic N) is 3. The van der Waals surface area contributed by atoms with Crippen molar-refractivity contribution in [3.05, 3.63) is 39.3 Å². The van der Waals surface area contributed by atoms with Crippen LogP contribution in [-0.2, 0) is 28.7 Å². The molecule has 0 aromatic carbocycles. The number of alkyl halides is 3. The monoisotopic (exact) mass is 423 g/mol. The van der Waals surface area contributed by atoms with Gasteiger partial charge in [0.1, 0.15) is 11.0 Å². The predicted molar refractivity (Wildman–Crippen MR) is 93.4 cm³/mol. The lowest BCUT2D eigenvalue weighted by molar-refractivity contribution is -0.142. The lowest BCUT2D eigenvalue weighted by Crippen LogP contribution is -2.14. The number of rotatable bonds is 6. The second-order valence-corrected chi connectivity index (χ2v) is 5.95. The van der Waals surface area contributed by atoms with Crippen molar-refractivity contribution in [1.82, 2.24) is 15.0 Å². The summed E-state index contributed by atoms with van der Waals surface area (Å²) >= 11 is 11.9. The summed E-state index contributed by atoms with van der Waals surface area (Å²) in [4.78, 5) is 23.2. The van der Waals surface area contributed by atoms with E-state index < -0.39 is 17.7 Å². The SMILES string of the molecule is CCOC(=O)Cc1c(Cl)nc(N)nc1NCc1ncc(C(F)(F)F)cc1Cl. The highest BCUT2D eigenvalue weighted by atomic mass is 35.5. The number of nitrogen functional groups attached to an aromatic ring is 1. The third-order valence-electron chi connectivity index (χ3n) is 3.27. The molecule has 0 radical (unpaired) electrons. The first-order chi connectivity index (χ1) is 12.6. The van der Waals surface area contributed by atoms with Gasteiger partial charge in [0.15, 0.2) is 0 Å². The number of pyridine rings is 1. The lowest BCUT2D eigenvalue weighted by atomic mass is 10.2. The number of carbonyl (C=O) groups is 1. The van der Waals surface area contributed by atoms with Gasteiger partial charge in [-0.05, 0) is 13.0 Å². The lowest BCUT2D eigenvalue weighted by Gasteiger charge is -2.13. The maximum Gasteiger partial charge on any atom is 0.417 e. The zero-order chi connectivity index (χ0) is 20.2. The van der Waals surface area contributed by atoms with Gasteiger partial charge in [0.05, 0.1) is 35.9 Å². The van der Waals surface area contributed by atoms with E-state index in [0.29, 0.717) is 6.20 Å². The molecule has 0 fully saturated rings. The molecular weight excluding hydrogens is 410 g/mol. The maximum absolute atomic E-state index is 12.7. The minimum Gasteiger partial charge on any atom is -0.466 e. The van der Waals surface area contributed by atoms with Crippen LogP contribution in [-0.4, -0.2) is 27.5 Å². The maximum atomic E-state index is 12.7. The van der Waals surface area contributed by atoms with Crippen molar-refractivity contribution < 1.29 is 22.7 Å². The summed E-state index contributed by atoms with van der Waals surface area (Å²) in [5.74, 6) is -0.582. The normalized spacial score (nSPS) is 11.3. The highest BCUT2D eigenvalue weighted by molar-refractivity contribution is 6.31. The minimum atomic E-state index is -4.55. The van der Waals surface area contributed by atoms with Gasteiger partial charge in [-0.15, -0.1) is 0 Å². The summed E-state index contributed by atoms with van der Waals surface area (Å²) in [7, 11) is 0. The molecule has 3 N–H and O–H groups in total. The molecule has 12 heteroatoms. The van der Waals surface area contributed by atoms with Gasteiger partial charge < -0.3 is 15.8 Å². The number of hydrogen-bond donors (Lipinski definition) is 2. The molecule has 27 heavy (non-hydrogen) atoms. The topological polar surface area (TPSA) is 103 Å². The average molecular weight is 424 g/mol. The third-order valence-corrected chi connectivity index (χ3v) is 3.91. The summed E-state index contributed by atoms with van der Waals surface area (Å²) in [5.41, 5.74) is 4.96. The van der Waals surface area contributed by atoms with E-state index in [0.717, 1.165) is 6.07 Å². The summed E-state index contributed by atoms with van der Waals surface area (Å²) in [6, 6.07) is 0.770. The quantitative estimate of drug-likeness (QED) is 0.541. The average Bonchev–Trinajstić information content (AvgIpc) is 2.55. The summed E-state index contributed by atoms with van der Waals surface area (Å²) in [5, 5.41) is 2.57. The Balaban J connectivity index is 2.23. The minimum absolute atomic E-state index is 0.0514. The van der Waals surface area contributed by atoms with Crippen LogP contribution >= 0.6 is 23.2 Å². The first-order valence-corrected chi connectivity index (χ1v) is 8.30. The Hall–Kier alpha value is -2.33. The van der Waals surface area contributed by atoms with E-state index in [1.54, 1.807) is 6.92 Å². The second kappa shape index (κ2) is 8.57. The van der Waals surface area contributed by atoms with Crippen LogP contribution in [0.4, 0.5) is 24.9 Å². The van der Waals surface area contributed by atoms with Crippen molar-refractivity contribution in [2.24, 2.45) is 0 Å². The molecule has 0 aliphatic carbocycles. The molecule has 0 aliphatic heterocycles. The smallest absolute Gasteiger partial charge is 0.417 e. The van der Waals surface area contributed by atoms with Crippen LogP contribution in [0, 0.1) is 0 Å². The van der Waals surface area contributed by atoms with E-state index in [9.17, 15) is 18.0 Å². The molecule has 0 amide bonds. The van der Waals surface area contributed by atoms with Crippen LogP contribution in [0.2, 0.25) is 10.2 Å². The molecule has 0 saturated carbocycles. The number of halogens is 5. The standard InChI is InChI=1S/C15H14Cl2F3N5O2/c1-2-27-11(26)4-8-12(17)24-14(21)25-13(8)23-6-10-9(16)3-7(5-22-10)15(18,19)20/h3,5H,2,4,6H2,1H3,(H3,21,23,24,25). The number of anilines is 2. The predicted octanol–water partition coefficient (Wildman–Crippen LogP) is 3.50. The van der Waals surface area contributed by atoms with Crippen molar-refractivity contribution in [3.63, 3.8) is 0 Å². The summed E-state index contributed by atoms with van der Waals surface area (Å²) in [6.07, 6.45) is -4.10. The molecule has 0 unspecified atom stereocenters. The Morgan fingerprint density at radius 2 is 2.04 bits per heavy atom. The number of nitrogens with two attached hydrogens (primary N) is 1. The number of nitrogens with one attached hydrogen (secondary N) is 1. The highest BCUT2D eigenvalue weighted by Crippen LogP contribution is 2.31. The van der Waals surface area contributed by atoms with Gasteiger partial charge >= 0.3 is 12.1 Å². The first kappa shape index (κ1) is 21.0. The van der Waals surface area contributed by atoms with E-state index in [-0.39, 0.29) is 52.8 Å². The van der Waals surface area contributed by atoms with E-state index in [1.807, 2.05) is 0 Å². The number of aromatic nitrogens is 3. The molecule has 2 aromatic rings. The number of ether oxygens (including phenoxy) is 1. The fourth-order valence-corrected chi connectivity index (χ4v) is 2.53. The largest absolute Gasteiger partial charge is 0.466 e. The van der Waals surface area contributed by atoms with E-state index in [2.05, 4.69) is 20.3 Å². The van der Waals surface area contributed by atoms with Crippen LogP contribution in [0.3, 0.4) is 0 Å². The highest BCUT2D eigenvalue weighted by Gasteiger charge is 2.31. The summed E-state index contributed by atoms with van der Waals surface area (Å²) in [6.45, 7) is 1.75. The van der Waals surface area contributed by atoms with Gasteiger partial charge in [0, 0.05) is 11.8 Å². The number of carbonyl (C=O) groups excluding carboxylic acids is 1. The molecule has 2 heterocycles. The molecule has 2 aromatic heterocycles.